The molecular formula is C20H27N3O3. The van der Waals surface area contributed by atoms with Crippen molar-refractivity contribution in [3.8, 4) is 5.75 Å². The van der Waals surface area contributed by atoms with Crippen molar-refractivity contribution in [2.24, 2.45) is 7.05 Å². The molecule has 0 spiro atoms. The van der Waals surface area contributed by atoms with E-state index in [1.807, 2.05) is 19.1 Å². The molecule has 1 aliphatic heterocycles. The van der Waals surface area contributed by atoms with Crippen LogP contribution < -0.4 is 10.1 Å². The second-order valence-electron chi connectivity index (χ2n) is 7.07. The third kappa shape index (κ3) is 3.60. The molecule has 2 heterocycles. The van der Waals surface area contributed by atoms with Crippen LogP contribution in [0.2, 0.25) is 0 Å². The van der Waals surface area contributed by atoms with Gasteiger partial charge in [-0.2, -0.15) is 5.10 Å². The molecule has 6 nitrogen and oxygen atoms in total. The number of nitrogens with zero attached hydrogens (tertiary/aromatic N) is 2. The van der Waals surface area contributed by atoms with Crippen molar-refractivity contribution in [1.82, 2.24) is 15.1 Å². The largest absolute Gasteiger partial charge is 0.496 e. The minimum Gasteiger partial charge on any atom is -0.496 e. The fourth-order valence-corrected chi connectivity index (χ4v) is 3.70. The average Bonchev–Trinajstić information content (AvgIpc) is 2.99. The van der Waals surface area contributed by atoms with E-state index < -0.39 is 0 Å². The van der Waals surface area contributed by atoms with E-state index in [1.54, 1.807) is 24.9 Å². The lowest BCUT2D eigenvalue weighted by molar-refractivity contribution is 0.0478. The van der Waals surface area contributed by atoms with Gasteiger partial charge in [0.25, 0.3) is 5.91 Å². The van der Waals surface area contributed by atoms with Gasteiger partial charge in [-0.3, -0.25) is 9.48 Å². The van der Waals surface area contributed by atoms with E-state index >= 15 is 0 Å². The Balaban J connectivity index is 1.88. The Morgan fingerprint density at radius 1 is 1.31 bits per heavy atom. The van der Waals surface area contributed by atoms with Gasteiger partial charge in [-0.05, 0) is 38.8 Å². The lowest BCUT2D eigenvalue weighted by Crippen LogP contribution is -2.45. The number of methoxy groups -OCH3 is 1. The number of ether oxygens (including phenoxy) is 2. The summed E-state index contributed by atoms with van der Waals surface area (Å²) >= 11 is 0. The molecule has 1 aromatic heterocycles. The van der Waals surface area contributed by atoms with Crippen LogP contribution in [0, 0.1) is 13.8 Å². The van der Waals surface area contributed by atoms with Gasteiger partial charge in [-0.25, -0.2) is 0 Å². The third-order valence-corrected chi connectivity index (χ3v) is 5.20. The zero-order valence-electron chi connectivity index (χ0n) is 16.0. The molecule has 0 unspecified atom stereocenters. The van der Waals surface area contributed by atoms with Gasteiger partial charge >= 0.3 is 0 Å². The molecule has 0 radical (unpaired) electrons. The molecule has 140 valence electrons. The number of benzene rings is 1. The lowest BCUT2D eigenvalue weighted by Gasteiger charge is -2.38. The maximum atomic E-state index is 12.7. The van der Waals surface area contributed by atoms with E-state index in [2.05, 4.69) is 23.4 Å². The maximum Gasteiger partial charge on any atom is 0.269 e. The Morgan fingerprint density at radius 3 is 2.65 bits per heavy atom. The summed E-state index contributed by atoms with van der Waals surface area (Å²) in [6.45, 7) is 5.86. The van der Waals surface area contributed by atoms with Crippen molar-refractivity contribution in [3.63, 3.8) is 0 Å². The van der Waals surface area contributed by atoms with Gasteiger partial charge in [0.05, 0.1) is 12.8 Å². The molecule has 2 aromatic rings. The molecule has 3 rings (SSSR count). The van der Waals surface area contributed by atoms with Crippen LogP contribution in [0.15, 0.2) is 24.3 Å². The van der Waals surface area contributed by atoms with Gasteiger partial charge in [-0.1, -0.05) is 17.7 Å². The molecule has 0 atom stereocenters. The number of aryl methyl sites for hydroxylation is 3. The molecule has 1 N–H and O–H groups in total. The molecule has 1 aromatic carbocycles. The first kappa shape index (κ1) is 18.5. The topological polar surface area (TPSA) is 65.4 Å². The summed E-state index contributed by atoms with van der Waals surface area (Å²) < 4.78 is 12.8. The highest BCUT2D eigenvalue weighted by atomic mass is 16.5. The quantitative estimate of drug-likeness (QED) is 0.893. The van der Waals surface area contributed by atoms with Crippen LogP contribution >= 0.6 is 0 Å². The number of hydrogen-bond donors (Lipinski definition) is 1. The molecule has 6 heteroatoms. The minimum atomic E-state index is -0.196. The van der Waals surface area contributed by atoms with Gasteiger partial charge in [-0.15, -0.1) is 0 Å². The highest BCUT2D eigenvalue weighted by Crippen LogP contribution is 2.40. The fraction of sp³-hybridized carbons (Fsp3) is 0.500. The normalized spacial score (nSPS) is 16.3. The molecule has 26 heavy (non-hydrogen) atoms. The van der Waals surface area contributed by atoms with E-state index in [0.717, 1.165) is 29.8 Å². The van der Waals surface area contributed by atoms with E-state index in [-0.39, 0.29) is 11.3 Å². The Morgan fingerprint density at radius 2 is 2.04 bits per heavy atom. The van der Waals surface area contributed by atoms with E-state index in [4.69, 9.17) is 9.47 Å². The third-order valence-electron chi connectivity index (χ3n) is 5.20. The molecular weight excluding hydrogens is 330 g/mol. The highest BCUT2D eigenvalue weighted by Gasteiger charge is 2.37. The molecule has 0 bridgehead atoms. The summed E-state index contributed by atoms with van der Waals surface area (Å²) in [5.41, 5.74) is 3.53. The van der Waals surface area contributed by atoms with Crippen LogP contribution in [-0.4, -0.2) is 42.6 Å². The van der Waals surface area contributed by atoms with Gasteiger partial charge in [0, 0.05) is 37.8 Å². The van der Waals surface area contributed by atoms with Crippen molar-refractivity contribution < 1.29 is 14.3 Å². The number of rotatable bonds is 5. The highest BCUT2D eigenvalue weighted by molar-refractivity contribution is 5.92. The Kier molecular flexibility index (Phi) is 5.32. The summed E-state index contributed by atoms with van der Waals surface area (Å²) in [6, 6.07) is 8.03. The van der Waals surface area contributed by atoms with Crippen LogP contribution in [-0.2, 0) is 17.2 Å². The molecule has 1 aliphatic rings. The number of carbonyl (C=O) groups is 1. The van der Waals surface area contributed by atoms with E-state index in [9.17, 15) is 4.79 Å². The van der Waals surface area contributed by atoms with Crippen LogP contribution in [0.4, 0.5) is 0 Å². The summed E-state index contributed by atoms with van der Waals surface area (Å²) in [5, 5.41) is 7.38. The molecule has 0 saturated carbocycles. The van der Waals surface area contributed by atoms with Crippen molar-refractivity contribution in [3.05, 3.63) is 46.8 Å². The summed E-state index contributed by atoms with van der Waals surface area (Å²) in [7, 11) is 3.48. The molecule has 1 saturated heterocycles. The van der Waals surface area contributed by atoms with Gasteiger partial charge < -0.3 is 14.8 Å². The van der Waals surface area contributed by atoms with Crippen LogP contribution in [0.3, 0.4) is 0 Å². The van der Waals surface area contributed by atoms with E-state index in [0.29, 0.717) is 25.5 Å². The van der Waals surface area contributed by atoms with Gasteiger partial charge in [0.1, 0.15) is 11.4 Å². The van der Waals surface area contributed by atoms with Crippen molar-refractivity contribution in [2.45, 2.75) is 32.1 Å². The number of amides is 1. The fourth-order valence-electron chi connectivity index (χ4n) is 3.70. The van der Waals surface area contributed by atoms with Crippen LogP contribution in [0.5, 0.6) is 5.75 Å². The first-order valence-corrected chi connectivity index (χ1v) is 8.97. The second kappa shape index (κ2) is 7.50. The smallest absolute Gasteiger partial charge is 0.269 e. The number of hydrogen-bond acceptors (Lipinski definition) is 4. The van der Waals surface area contributed by atoms with Crippen LogP contribution in [0.25, 0.3) is 0 Å². The Labute approximate surface area is 154 Å². The predicted octanol–water partition coefficient (Wildman–Crippen LogP) is 2.52. The molecule has 0 aliphatic carbocycles. The first-order chi connectivity index (χ1) is 12.4. The summed E-state index contributed by atoms with van der Waals surface area (Å²) in [5.74, 6) is 0.758. The van der Waals surface area contributed by atoms with Crippen molar-refractivity contribution in [2.75, 3.05) is 26.9 Å². The average molecular weight is 357 g/mol. The lowest BCUT2D eigenvalue weighted by atomic mass is 9.73. The Bertz CT molecular complexity index is 792. The van der Waals surface area contributed by atoms with E-state index in [1.165, 1.54) is 5.56 Å². The summed E-state index contributed by atoms with van der Waals surface area (Å²) in [6.07, 6.45) is 1.69. The number of carbonyl (C=O) groups excluding carboxylic acids is 1. The number of aromatic nitrogens is 2. The van der Waals surface area contributed by atoms with Crippen molar-refractivity contribution in [1.29, 1.82) is 0 Å². The van der Waals surface area contributed by atoms with Crippen LogP contribution in [0.1, 0.15) is 40.2 Å². The predicted molar refractivity (Wildman–Crippen MR) is 99.7 cm³/mol. The molecule has 1 amide bonds. The minimum absolute atomic E-state index is 0.106. The standard InChI is InChI=1S/C20H27N3O3/c1-14-5-6-18(25-4)16(11-14)20(7-9-26-10-8-20)13-21-19(24)17-12-15(2)22-23(17)3/h5-6,11-12H,7-10,13H2,1-4H3,(H,21,24). The SMILES string of the molecule is COc1ccc(C)cc1C1(CNC(=O)c2cc(C)nn2C)CCOCC1. The maximum absolute atomic E-state index is 12.7. The summed E-state index contributed by atoms with van der Waals surface area (Å²) in [4.78, 5) is 12.7. The first-order valence-electron chi connectivity index (χ1n) is 8.97. The Hall–Kier alpha value is -2.34. The zero-order chi connectivity index (χ0) is 18.7. The monoisotopic (exact) mass is 357 g/mol. The number of nitrogens with one attached hydrogen (secondary N) is 1. The van der Waals surface area contributed by atoms with Crippen molar-refractivity contribution >= 4 is 5.91 Å². The second-order valence-corrected chi connectivity index (χ2v) is 7.07. The van der Waals surface area contributed by atoms with Gasteiger partial charge in [0.2, 0.25) is 0 Å². The molecule has 1 fully saturated rings. The zero-order valence-corrected chi connectivity index (χ0v) is 16.0. The van der Waals surface area contributed by atoms with Gasteiger partial charge in [0.15, 0.2) is 0 Å².